The van der Waals surface area contributed by atoms with Gasteiger partial charge in [-0.25, -0.2) is 9.79 Å². The molecule has 0 spiro atoms. The molecule has 0 N–H and O–H groups in total. The largest absolute Gasteiger partial charge is 0.235 e. The van der Waals surface area contributed by atoms with Crippen molar-refractivity contribution in [1.29, 1.82) is 0 Å². The third-order valence-electron chi connectivity index (χ3n) is 4.85. The second-order valence-corrected chi connectivity index (χ2v) is 6.26. The van der Waals surface area contributed by atoms with E-state index in [2.05, 4.69) is 11.9 Å². The van der Waals surface area contributed by atoms with Gasteiger partial charge in [-0.1, -0.05) is 32.6 Å². The molecule has 0 bridgehead atoms. The van der Waals surface area contributed by atoms with Crippen molar-refractivity contribution < 1.29 is 4.79 Å². The predicted octanol–water partition coefficient (Wildman–Crippen LogP) is 4.10. The molecule has 0 atom stereocenters. The number of aliphatic imine (C=N–C) groups is 1. The Bertz CT molecular complexity index is 267. The molecule has 2 saturated carbocycles. The van der Waals surface area contributed by atoms with Crippen LogP contribution in [0.25, 0.3) is 0 Å². The highest BCUT2D eigenvalue weighted by Crippen LogP contribution is 2.37. The number of isocyanates is 1. The van der Waals surface area contributed by atoms with Gasteiger partial charge in [0.2, 0.25) is 6.08 Å². The van der Waals surface area contributed by atoms with Gasteiger partial charge in [-0.3, -0.25) is 0 Å². The topological polar surface area (TPSA) is 29.4 Å². The molecule has 0 aromatic heterocycles. The van der Waals surface area contributed by atoms with Crippen LogP contribution in [0.3, 0.4) is 0 Å². The van der Waals surface area contributed by atoms with E-state index in [1.807, 2.05) is 0 Å². The van der Waals surface area contributed by atoms with Crippen molar-refractivity contribution in [3.05, 3.63) is 0 Å². The van der Waals surface area contributed by atoms with E-state index in [9.17, 15) is 4.79 Å². The van der Waals surface area contributed by atoms with Gasteiger partial charge < -0.3 is 0 Å². The van der Waals surface area contributed by atoms with E-state index in [1.165, 1.54) is 44.9 Å². The molecule has 17 heavy (non-hydrogen) atoms. The van der Waals surface area contributed by atoms with Crippen LogP contribution in [-0.4, -0.2) is 12.1 Å². The highest BCUT2D eigenvalue weighted by atomic mass is 16.1. The SMILES string of the molecule is CC1CCC(CC2CCC(N=C=O)CC2)CC1. The Balaban J connectivity index is 1.69. The smallest absolute Gasteiger partial charge is 0.211 e. The number of hydrogen-bond acceptors (Lipinski definition) is 2. The molecular weight excluding hydrogens is 210 g/mol. The van der Waals surface area contributed by atoms with Gasteiger partial charge in [0.1, 0.15) is 0 Å². The highest BCUT2D eigenvalue weighted by molar-refractivity contribution is 5.33. The summed E-state index contributed by atoms with van der Waals surface area (Å²) >= 11 is 0. The Labute approximate surface area is 105 Å². The second kappa shape index (κ2) is 6.35. The highest BCUT2D eigenvalue weighted by Gasteiger charge is 2.25. The van der Waals surface area contributed by atoms with E-state index in [1.54, 1.807) is 6.08 Å². The first-order valence-corrected chi connectivity index (χ1v) is 7.35. The third kappa shape index (κ3) is 3.96. The van der Waals surface area contributed by atoms with Crippen LogP contribution >= 0.6 is 0 Å². The summed E-state index contributed by atoms with van der Waals surface area (Å²) in [5.41, 5.74) is 0. The summed E-state index contributed by atoms with van der Waals surface area (Å²) in [5, 5.41) is 0. The second-order valence-electron chi connectivity index (χ2n) is 6.26. The van der Waals surface area contributed by atoms with Crippen LogP contribution in [0.4, 0.5) is 0 Å². The maximum absolute atomic E-state index is 10.2. The van der Waals surface area contributed by atoms with E-state index < -0.39 is 0 Å². The fourth-order valence-electron chi connectivity index (χ4n) is 3.62. The summed E-state index contributed by atoms with van der Waals surface area (Å²) in [4.78, 5) is 14.1. The summed E-state index contributed by atoms with van der Waals surface area (Å²) in [6.45, 7) is 2.39. The summed E-state index contributed by atoms with van der Waals surface area (Å²) in [6.07, 6.45) is 13.7. The lowest BCUT2D eigenvalue weighted by Gasteiger charge is -2.32. The lowest BCUT2D eigenvalue weighted by atomic mass is 9.75. The number of carbonyl (C=O) groups excluding carboxylic acids is 1. The Kier molecular flexibility index (Phi) is 4.79. The zero-order valence-corrected chi connectivity index (χ0v) is 11.0. The molecule has 0 saturated heterocycles. The van der Waals surface area contributed by atoms with Crippen LogP contribution in [0.15, 0.2) is 4.99 Å². The molecule has 2 aliphatic rings. The molecule has 2 heteroatoms. The van der Waals surface area contributed by atoms with Gasteiger partial charge in [0.25, 0.3) is 0 Å². The Morgan fingerprint density at radius 3 is 2.00 bits per heavy atom. The van der Waals surface area contributed by atoms with Gasteiger partial charge in [-0.15, -0.1) is 0 Å². The maximum Gasteiger partial charge on any atom is 0.235 e. The van der Waals surface area contributed by atoms with Crippen LogP contribution < -0.4 is 0 Å². The minimum absolute atomic E-state index is 0.287. The van der Waals surface area contributed by atoms with Crippen LogP contribution in [0.1, 0.15) is 64.7 Å². The van der Waals surface area contributed by atoms with Crippen molar-refractivity contribution in [2.24, 2.45) is 22.7 Å². The van der Waals surface area contributed by atoms with Gasteiger partial charge >= 0.3 is 0 Å². The average Bonchev–Trinajstić information content (AvgIpc) is 2.35. The quantitative estimate of drug-likeness (QED) is 0.535. The van der Waals surface area contributed by atoms with E-state index >= 15 is 0 Å². The lowest BCUT2D eigenvalue weighted by molar-refractivity contribution is 0.212. The fourth-order valence-corrected chi connectivity index (χ4v) is 3.62. The standard InChI is InChI=1S/C15H25NO/c1-12-2-4-13(5-3-12)10-14-6-8-15(9-7-14)16-11-17/h12-15H,2-10H2,1H3. The Morgan fingerprint density at radius 2 is 1.47 bits per heavy atom. The fraction of sp³-hybridized carbons (Fsp3) is 0.933. The Hall–Kier alpha value is -0.620. The number of hydrogen-bond donors (Lipinski definition) is 0. The molecule has 0 radical (unpaired) electrons. The summed E-state index contributed by atoms with van der Waals surface area (Å²) < 4.78 is 0. The summed E-state index contributed by atoms with van der Waals surface area (Å²) in [7, 11) is 0. The predicted molar refractivity (Wildman–Crippen MR) is 69.6 cm³/mol. The van der Waals surface area contributed by atoms with Crippen LogP contribution in [0, 0.1) is 17.8 Å². The van der Waals surface area contributed by atoms with Crippen LogP contribution in [0.5, 0.6) is 0 Å². The molecule has 2 nitrogen and oxygen atoms in total. The van der Waals surface area contributed by atoms with Crippen molar-refractivity contribution in [1.82, 2.24) is 0 Å². The monoisotopic (exact) mass is 235 g/mol. The number of rotatable bonds is 3. The molecular formula is C15H25NO. The molecule has 2 aliphatic carbocycles. The molecule has 2 fully saturated rings. The van der Waals surface area contributed by atoms with Crippen LogP contribution in [0.2, 0.25) is 0 Å². The molecule has 0 amide bonds. The van der Waals surface area contributed by atoms with Gasteiger partial charge in [0.05, 0.1) is 6.04 Å². The molecule has 0 aromatic rings. The van der Waals surface area contributed by atoms with E-state index in [4.69, 9.17) is 0 Å². The van der Waals surface area contributed by atoms with Crippen molar-refractivity contribution in [3.63, 3.8) is 0 Å². The first-order chi connectivity index (χ1) is 8.28. The van der Waals surface area contributed by atoms with Crippen molar-refractivity contribution in [2.75, 3.05) is 0 Å². The molecule has 0 unspecified atom stereocenters. The average molecular weight is 235 g/mol. The third-order valence-corrected chi connectivity index (χ3v) is 4.85. The minimum Gasteiger partial charge on any atom is -0.211 e. The van der Waals surface area contributed by atoms with Gasteiger partial charge in [0, 0.05) is 0 Å². The van der Waals surface area contributed by atoms with Crippen LogP contribution in [-0.2, 0) is 4.79 Å². The zero-order valence-electron chi connectivity index (χ0n) is 11.0. The summed E-state index contributed by atoms with van der Waals surface area (Å²) in [5.74, 6) is 2.86. The summed E-state index contributed by atoms with van der Waals surface area (Å²) in [6, 6.07) is 0.287. The van der Waals surface area contributed by atoms with Gasteiger partial charge in [-0.05, 0) is 49.9 Å². The Morgan fingerprint density at radius 1 is 0.941 bits per heavy atom. The van der Waals surface area contributed by atoms with Gasteiger partial charge in [-0.2, -0.15) is 0 Å². The minimum atomic E-state index is 0.287. The zero-order chi connectivity index (χ0) is 12.1. The van der Waals surface area contributed by atoms with E-state index in [0.717, 1.165) is 30.6 Å². The van der Waals surface area contributed by atoms with Crippen molar-refractivity contribution in [2.45, 2.75) is 70.8 Å². The van der Waals surface area contributed by atoms with E-state index in [-0.39, 0.29) is 6.04 Å². The molecule has 0 aliphatic heterocycles. The van der Waals surface area contributed by atoms with Crippen molar-refractivity contribution >= 4 is 6.08 Å². The number of nitrogens with zero attached hydrogens (tertiary/aromatic N) is 1. The molecule has 0 heterocycles. The maximum atomic E-state index is 10.2. The molecule has 96 valence electrons. The van der Waals surface area contributed by atoms with Crippen molar-refractivity contribution in [3.8, 4) is 0 Å². The lowest BCUT2D eigenvalue weighted by Crippen LogP contribution is -2.21. The molecule has 0 aromatic carbocycles. The van der Waals surface area contributed by atoms with Gasteiger partial charge in [0.15, 0.2) is 0 Å². The first-order valence-electron chi connectivity index (χ1n) is 7.35. The molecule has 2 rings (SSSR count). The first kappa shape index (κ1) is 12.8. The normalized spacial score (nSPS) is 38.4. The van der Waals surface area contributed by atoms with E-state index in [0.29, 0.717) is 0 Å².